The maximum atomic E-state index is 11.1. The van der Waals surface area contributed by atoms with Crippen molar-refractivity contribution in [2.75, 3.05) is 12.8 Å². The topological polar surface area (TPSA) is 69.4 Å². The third-order valence-electron chi connectivity index (χ3n) is 1.51. The van der Waals surface area contributed by atoms with Gasteiger partial charge in [-0.15, -0.1) is 11.3 Å². The Labute approximate surface area is 79.3 Å². The third-order valence-corrected chi connectivity index (χ3v) is 2.58. The Bertz CT molecular complexity index is 356. The number of thiophene rings is 1. The molecule has 1 aromatic heterocycles. The highest BCUT2D eigenvalue weighted by atomic mass is 32.1. The second-order valence-corrected chi connectivity index (χ2v) is 3.52. The first kappa shape index (κ1) is 9.73. The monoisotopic (exact) mass is 199 g/mol. The van der Waals surface area contributed by atoms with Crippen LogP contribution in [0.15, 0.2) is 6.07 Å². The zero-order valence-corrected chi connectivity index (χ0v) is 8.10. The summed E-state index contributed by atoms with van der Waals surface area (Å²) in [5.74, 6) is -0.617. The minimum Gasteiger partial charge on any atom is -0.465 e. The molecular weight excluding hydrogens is 190 g/mol. The van der Waals surface area contributed by atoms with Crippen LogP contribution in [0.3, 0.4) is 0 Å². The van der Waals surface area contributed by atoms with Crippen LogP contribution in [0.2, 0.25) is 0 Å². The second-order valence-electron chi connectivity index (χ2n) is 2.44. The van der Waals surface area contributed by atoms with Crippen LogP contribution < -0.4 is 5.73 Å². The summed E-state index contributed by atoms with van der Waals surface area (Å²) in [7, 11) is 1.27. The number of carbonyl (C=O) groups is 2. The normalized spacial score (nSPS) is 9.69. The molecule has 4 nitrogen and oxygen atoms in total. The fraction of sp³-hybridized carbons (Fsp3) is 0.250. The van der Waals surface area contributed by atoms with Gasteiger partial charge in [0.05, 0.1) is 17.6 Å². The lowest BCUT2D eigenvalue weighted by atomic mass is 10.2. The summed E-state index contributed by atoms with van der Waals surface area (Å²) < 4.78 is 4.49. The van der Waals surface area contributed by atoms with E-state index in [0.717, 1.165) is 11.3 Å². The van der Waals surface area contributed by atoms with E-state index in [2.05, 4.69) is 4.74 Å². The molecule has 0 aliphatic heterocycles. The number of nitrogen functional groups attached to an aromatic ring is 1. The van der Waals surface area contributed by atoms with Gasteiger partial charge in [0.25, 0.3) is 0 Å². The van der Waals surface area contributed by atoms with Crippen molar-refractivity contribution in [2.24, 2.45) is 0 Å². The molecule has 0 atom stereocenters. The molecule has 70 valence electrons. The zero-order valence-electron chi connectivity index (χ0n) is 7.29. The van der Waals surface area contributed by atoms with Crippen molar-refractivity contribution in [1.29, 1.82) is 0 Å². The van der Waals surface area contributed by atoms with Gasteiger partial charge in [0.1, 0.15) is 5.00 Å². The number of Topliss-reactive ketones (excluding diaryl/α,β-unsaturated/α-hetero) is 1. The Morgan fingerprint density at radius 1 is 1.54 bits per heavy atom. The van der Waals surface area contributed by atoms with Gasteiger partial charge in [0, 0.05) is 0 Å². The van der Waals surface area contributed by atoms with Gasteiger partial charge >= 0.3 is 5.97 Å². The molecule has 0 bridgehead atoms. The Morgan fingerprint density at radius 3 is 2.54 bits per heavy atom. The molecule has 13 heavy (non-hydrogen) atoms. The molecule has 0 amide bonds. The molecule has 0 unspecified atom stereocenters. The molecule has 0 aromatic carbocycles. The molecule has 0 fully saturated rings. The quantitative estimate of drug-likeness (QED) is 0.576. The second kappa shape index (κ2) is 3.57. The first-order chi connectivity index (χ1) is 6.06. The number of methoxy groups -OCH3 is 1. The average molecular weight is 199 g/mol. The van der Waals surface area contributed by atoms with Crippen molar-refractivity contribution < 1.29 is 14.3 Å². The van der Waals surface area contributed by atoms with E-state index in [9.17, 15) is 9.59 Å². The molecule has 5 heteroatoms. The summed E-state index contributed by atoms with van der Waals surface area (Å²) >= 11 is 1.09. The van der Waals surface area contributed by atoms with Crippen molar-refractivity contribution in [1.82, 2.24) is 0 Å². The fourth-order valence-corrected chi connectivity index (χ4v) is 1.66. The summed E-state index contributed by atoms with van der Waals surface area (Å²) in [6, 6.07) is 1.45. The Kier molecular flexibility index (Phi) is 2.67. The summed E-state index contributed by atoms with van der Waals surface area (Å²) in [5.41, 5.74) is 5.78. The van der Waals surface area contributed by atoms with Crippen molar-refractivity contribution in [3.8, 4) is 0 Å². The lowest BCUT2D eigenvalue weighted by Gasteiger charge is -1.94. The van der Waals surface area contributed by atoms with Gasteiger partial charge in [-0.2, -0.15) is 0 Å². The summed E-state index contributed by atoms with van der Waals surface area (Å²) in [5, 5.41) is 0.317. The van der Waals surface area contributed by atoms with Gasteiger partial charge in [-0.25, -0.2) is 4.79 Å². The van der Waals surface area contributed by atoms with E-state index in [-0.39, 0.29) is 11.3 Å². The van der Waals surface area contributed by atoms with Crippen molar-refractivity contribution in [3.05, 3.63) is 16.5 Å². The molecule has 1 aromatic rings. The van der Waals surface area contributed by atoms with Gasteiger partial charge in [-0.1, -0.05) is 0 Å². The first-order valence-electron chi connectivity index (χ1n) is 3.54. The highest BCUT2D eigenvalue weighted by Crippen LogP contribution is 2.25. The minimum absolute atomic E-state index is 0.105. The fourth-order valence-electron chi connectivity index (χ4n) is 0.848. The van der Waals surface area contributed by atoms with Gasteiger partial charge in [-0.3, -0.25) is 4.79 Å². The van der Waals surface area contributed by atoms with Crippen LogP contribution in [0.1, 0.15) is 27.0 Å². The van der Waals surface area contributed by atoms with Gasteiger partial charge < -0.3 is 10.5 Å². The number of hydrogen-bond donors (Lipinski definition) is 1. The molecule has 0 spiro atoms. The molecule has 0 saturated carbocycles. The Hall–Kier alpha value is -1.36. The van der Waals surface area contributed by atoms with E-state index in [1.165, 1.54) is 20.1 Å². The summed E-state index contributed by atoms with van der Waals surface area (Å²) in [6.07, 6.45) is 0. The van der Waals surface area contributed by atoms with E-state index in [1.54, 1.807) is 0 Å². The van der Waals surface area contributed by atoms with Crippen molar-refractivity contribution in [3.63, 3.8) is 0 Å². The average Bonchev–Trinajstić information content (AvgIpc) is 2.46. The number of ether oxygens (including phenoxy) is 1. The number of ketones is 1. The van der Waals surface area contributed by atoms with Crippen molar-refractivity contribution >= 4 is 28.1 Å². The van der Waals surface area contributed by atoms with E-state index >= 15 is 0 Å². The molecule has 1 heterocycles. The largest absolute Gasteiger partial charge is 0.465 e. The molecule has 2 N–H and O–H groups in total. The third kappa shape index (κ3) is 1.86. The smallest absolute Gasteiger partial charge is 0.340 e. The predicted molar refractivity (Wildman–Crippen MR) is 50.1 cm³/mol. The van der Waals surface area contributed by atoms with Crippen molar-refractivity contribution in [2.45, 2.75) is 6.92 Å². The highest BCUT2D eigenvalue weighted by molar-refractivity contribution is 7.18. The molecule has 0 radical (unpaired) electrons. The maximum Gasteiger partial charge on any atom is 0.340 e. The summed E-state index contributed by atoms with van der Waals surface area (Å²) in [6.45, 7) is 1.42. The molecule has 0 aliphatic carbocycles. The molecule has 1 rings (SSSR count). The SMILES string of the molecule is COC(=O)c1cc(C(C)=O)sc1N. The first-order valence-corrected chi connectivity index (χ1v) is 4.36. The Morgan fingerprint density at radius 2 is 2.15 bits per heavy atom. The van der Waals surface area contributed by atoms with Crippen LogP contribution in [0.25, 0.3) is 0 Å². The van der Waals surface area contributed by atoms with Crippen LogP contribution in [0, 0.1) is 0 Å². The van der Waals surface area contributed by atoms with Gasteiger partial charge in [-0.05, 0) is 13.0 Å². The number of anilines is 1. The zero-order chi connectivity index (χ0) is 10.0. The van der Waals surface area contributed by atoms with Gasteiger partial charge in [0.2, 0.25) is 0 Å². The molecular formula is C8H9NO3S. The number of hydrogen-bond acceptors (Lipinski definition) is 5. The number of carbonyl (C=O) groups excluding carboxylic acids is 2. The van der Waals surface area contributed by atoms with Crippen LogP contribution in [-0.4, -0.2) is 18.9 Å². The number of rotatable bonds is 2. The van der Waals surface area contributed by atoms with E-state index < -0.39 is 5.97 Å². The lowest BCUT2D eigenvalue weighted by molar-refractivity contribution is 0.0602. The van der Waals surface area contributed by atoms with Gasteiger partial charge in [0.15, 0.2) is 5.78 Å². The lowest BCUT2D eigenvalue weighted by Crippen LogP contribution is -2.02. The Balaban J connectivity index is 3.10. The minimum atomic E-state index is -0.513. The number of esters is 1. The van der Waals surface area contributed by atoms with Crippen LogP contribution in [-0.2, 0) is 4.74 Å². The molecule has 0 saturated heterocycles. The molecule has 0 aliphatic rings. The summed E-state index contributed by atoms with van der Waals surface area (Å²) in [4.78, 5) is 22.5. The maximum absolute atomic E-state index is 11.1. The number of nitrogens with two attached hydrogens (primary N) is 1. The predicted octanol–water partition coefficient (Wildman–Crippen LogP) is 1.32. The van der Waals surface area contributed by atoms with Crippen LogP contribution in [0.5, 0.6) is 0 Å². The van der Waals surface area contributed by atoms with E-state index in [0.29, 0.717) is 9.88 Å². The van der Waals surface area contributed by atoms with E-state index in [4.69, 9.17) is 5.73 Å². The van der Waals surface area contributed by atoms with Crippen LogP contribution in [0.4, 0.5) is 5.00 Å². The highest BCUT2D eigenvalue weighted by Gasteiger charge is 2.15. The van der Waals surface area contributed by atoms with Crippen LogP contribution >= 0.6 is 11.3 Å². The standard InChI is InChI=1S/C8H9NO3S/c1-4(10)6-3-5(7(9)13-6)8(11)12-2/h3H,9H2,1-2H3. The van der Waals surface area contributed by atoms with E-state index in [1.807, 2.05) is 0 Å².